The zero-order valence-corrected chi connectivity index (χ0v) is 15.8. The molecule has 0 saturated carbocycles. The Kier molecular flexibility index (Phi) is 4.13. The smallest absolute Gasteiger partial charge is 0.296 e. The Morgan fingerprint density at radius 1 is 1.14 bits per heavy atom. The van der Waals surface area contributed by atoms with Gasteiger partial charge in [-0.25, -0.2) is 0 Å². The lowest BCUT2D eigenvalue weighted by Crippen LogP contribution is -2.28. The molecule has 5 rings (SSSR count). The van der Waals surface area contributed by atoms with Crippen molar-refractivity contribution in [2.45, 2.75) is 12.6 Å². The van der Waals surface area contributed by atoms with Crippen molar-refractivity contribution in [1.82, 2.24) is 4.90 Å². The zero-order valence-electron chi connectivity index (χ0n) is 15.0. The summed E-state index contributed by atoms with van der Waals surface area (Å²) in [5.74, 6) is -0.279. The number of thiophene rings is 1. The summed E-state index contributed by atoms with van der Waals surface area (Å²) in [5, 5.41) is 12.9. The molecule has 1 saturated heterocycles. The van der Waals surface area contributed by atoms with Gasteiger partial charge in [-0.3, -0.25) is 9.59 Å². The van der Waals surface area contributed by atoms with Crippen molar-refractivity contribution in [1.29, 1.82) is 0 Å². The SMILES string of the molecule is O=C1C(=O)N(Cc2cccs2)C(c2ccco2)/C1=C(/O)c1ccc2c(c1)OCO2. The standard InChI is InChI=1S/C21H15NO6S/c23-19(12-5-6-14-16(9-12)28-11-27-14)17-18(15-4-1-7-26-15)22(21(25)20(17)24)10-13-3-2-8-29-13/h1-9,18,23H,10-11H2/b19-17-. The molecule has 1 N–H and O–H groups in total. The van der Waals surface area contributed by atoms with Gasteiger partial charge in [0.2, 0.25) is 6.79 Å². The van der Waals surface area contributed by atoms with Gasteiger partial charge in [0.1, 0.15) is 17.6 Å². The van der Waals surface area contributed by atoms with Crippen LogP contribution in [0.3, 0.4) is 0 Å². The van der Waals surface area contributed by atoms with E-state index in [0.29, 0.717) is 22.8 Å². The van der Waals surface area contributed by atoms with E-state index < -0.39 is 17.7 Å². The molecule has 0 radical (unpaired) electrons. The summed E-state index contributed by atoms with van der Waals surface area (Å²) in [6.07, 6.45) is 1.47. The minimum absolute atomic E-state index is 0.0135. The quantitative estimate of drug-likeness (QED) is 0.402. The Morgan fingerprint density at radius 2 is 2.00 bits per heavy atom. The highest BCUT2D eigenvalue weighted by atomic mass is 32.1. The van der Waals surface area contributed by atoms with Crippen LogP contribution in [-0.2, 0) is 16.1 Å². The number of aliphatic hydroxyl groups excluding tert-OH is 1. The van der Waals surface area contributed by atoms with E-state index in [1.165, 1.54) is 22.5 Å². The number of rotatable bonds is 4. The normalized spacial score (nSPS) is 19.9. The summed E-state index contributed by atoms with van der Waals surface area (Å²) in [6.45, 7) is 0.336. The monoisotopic (exact) mass is 409 g/mol. The van der Waals surface area contributed by atoms with Crippen molar-refractivity contribution in [3.63, 3.8) is 0 Å². The molecule has 3 aromatic rings. The number of likely N-dealkylation sites (tertiary alicyclic amines) is 1. The van der Waals surface area contributed by atoms with Gasteiger partial charge in [0.05, 0.1) is 18.4 Å². The second-order valence-electron chi connectivity index (χ2n) is 6.59. The summed E-state index contributed by atoms with van der Waals surface area (Å²) >= 11 is 1.49. The third kappa shape index (κ3) is 2.89. The van der Waals surface area contributed by atoms with E-state index in [1.807, 2.05) is 17.5 Å². The van der Waals surface area contributed by atoms with Crippen LogP contribution in [0.1, 0.15) is 22.2 Å². The first-order valence-corrected chi connectivity index (χ1v) is 9.75. The molecule has 0 spiro atoms. The minimum Gasteiger partial charge on any atom is -0.507 e. The second kappa shape index (κ2) is 6.82. The van der Waals surface area contributed by atoms with Crippen LogP contribution in [0.5, 0.6) is 11.5 Å². The Morgan fingerprint density at radius 3 is 2.76 bits per heavy atom. The lowest BCUT2D eigenvalue weighted by Gasteiger charge is -2.22. The van der Waals surface area contributed by atoms with Crippen molar-refractivity contribution in [3.8, 4) is 11.5 Å². The van der Waals surface area contributed by atoms with Crippen LogP contribution in [0.15, 0.2) is 64.1 Å². The van der Waals surface area contributed by atoms with Gasteiger partial charge in [-0.2, -0.15) is 0 Å². The van der Waals surface area contributed by atoms with Gasteiger partial charge < -0.3 is 23.9 Å². The maximum Gasteiger partial charge on any atom is 0.296 e. The number of amides is 1. The van der Waals surface area contributed by atoms with Crippen molar-refractivity contribution >= 4 is 28.8 Å². The molecule has 8 heteroatoms. The molecule has 2 aromatic heterocycles. The summed E-state index contributed by atoms with van der Waals surface area (Å²) in [6, 6.07) is 11.2. The van der Waals surface area contributed by atoms with E-state index in [-0.39, 0.29) is 24.7 Å². The van der Waals surface area contributed by atoms with Gasteiger partial charge in [0.15, 0.2) is 11.5 Å². The predicted molar refractivity (Wildman–Crippen MR) is 103 cm³/mol. The van der Waals surface area contributed by atoms with Crippen molar-refractivity contribution < 1.29 is 28.6 Å². The maximum atomic E-state index is 12.9. The van der Waals surface area contributed by atoms with E-state index >= 15 is 0 Å². The number of carbonyl (C=O) groups excluding carboxylic acids is 2. The molecule has 2 aliphatic heterocycles. The first-order chi connectivity index (χ1) is 14.1. The number of carbonyl (C=O) groups is 2. The number of Topliss-reactive ketones (excluding diaryl/α,β-unsaturated/α-hetero) is 1. The first kappa shape index (κ1) is 17.6. The van der Waals surface area contributed by atoms with Gasteiger partial charge in [-0.1, -0.05) is 6.07 Å². The van der Waals surface area contributed by atoms with Crippen LogP contribution in [-0.4, -0.2) is 28.5 Å². The van der Waals surface area contributed by atoms with Crippen LogP contribution in [0.4, 0.5) is 0 Å². The van der Waals surface area contributed by atoms with E-state index in [4.69, 9.17) is 13.9 Å². The molecule has 4 heterocycles. The molecule has 1 unspecified atom stereocenters. The van der Waals surface area contributed by atoms with Gasteiger partial charge in [-0.15, -0.1) is 11.3 Å². The number of benzene rings is 1. The molecular formula is C21H15NO6S. The second-order valence-corrected chi connectivity index (χ2v) is 7.62. The number of ketones is 1. The molecule has 1 atom stereocenters. The Hall–Kier alpha value is -3.52. The fourth-order valence-corrected chi connectivity index (χ4v) is 4.26. The lowest BCUT2D eigenvalue weighted by molar-refractivity contribution is -0.140. The number of hydrogen-bond acceptors (Lipinski definition) is 7. The highest BCUT2D eigenvalue weighted by Crippen LogP contribution is 2.42. The molecule has 0 bridgehead atoms. The van der Waals surface area contributed by atoms with Gasteiger partial charge in [-0.05, 0) is 41.8 Å². The van der Waals surface area contributed by atoms with Crippen LogP contribution in [0, 0.1) is 0 Å². The Labute approximate surface area is 169 Å². The van der Waals surface area contributed by atoms with Crippen LogP contribution >= 0.6 is 11.3 Å². The van der Waals surface area contributed by atoms with Crippen molar-refractivity contribution in [2.24, 2.45) is 0 Å². The maximum absolute atomic E-state index is 12.9. The molecule has 1 fully saturated rings. The largest absolute Gasteiger partial charge is 0.507 e. The highest BCUT2D eigenvalue weighted by Gasteiger charge is 2.47. The highest BCUT2D eigenvalue weighted by molar-refractivity contribution is 7.09. The summed E-state index contributed by atoms with van der Waals surface area (Å²) < 4.78 is 16.2. The van der Waals surface area contributed by atoms with Gasteiger partial charge >= 0.3 is 0 Å². The zero-order chi connectivity index (χ0) is 20.0. The molecule has 7 nitrogen and oxygen atoms in total. The third-order valence-corrected chi connectivity index (χ3v) is 5.77. The average molecular weight is 409 g/mol. The molecular weight excluding hydrogens is 394 g/mol. The molecule has 0 aliphatic carbocycles. The summed E-state index contributed by atoms with van der Waals surface area (Å²) in [4.78, 5) is 28.1. The number of ether oxygens (including phenoxy) is 2. The number of furan rings is 1. The van der Waals surface area contributed by atoms with Crippen LogP contribution < -0.4 is 9.47 Å². The summed E-state index contributed by atoms with van der Waals surface area (Å²) in [7, 11) is 0. The first-order valence-electron chi connectivity index (χ1n) is 8.87. The van der Waals surface area contributed by atoms with Crippen molar-refractivity contribution in [3.05, 3.63) is 75.9 Å². The molecule has 2 aliphatic rings. The van der Waals surface area contributed by atoms with Gasteiger partial charge in [0, 0.05) is 10.4 Å². The predicted octanol–water partition coefficient (Wildman–Crippen LogP) is 3.69. The fraction of sp³-hybridized carbons (Fsp3) is 0.143. The van der Waals surface area contributed by atoms with Crippen LogP contribution in [0.25, 0.3) is 5.76 Å². The van der Waals surface area contributed by atoms with Crippen molar-refractivity contribution in [2.75, 3.05) is 6.79 Å². The molecule has 146 valence electrons. The third-order valence-electron chi connectivity index (χ3n) is 4.90. The molecule has 1 amide bonds. The van der Waals surface area contributed by atoms with E-state index in [0.717, 1.165) is 4.88 Å². The van der Waals surface area contributed by atoms with E-state index in [1.54, 1.807) is 30.3 Å². The lowest BCUT2D eigenvalue weighted by atomic mass is 9.99. The minimum atomic E-state index is -0.822. The number of fused-ring (bicyclic) bond motifs is 1. The topological polar surface area (TPSA) is 89.2 Å². The average Bonchev–Trinajstić information content (AvgIpc) is 3.51. The summed E-state index contributed by atoms with van der Waals surface area (Å²) in [5.41, 5.74) is 0.348. The fourth-order valence-electron chi connectivity index (χ4n) is 3.56. The number of hydrogen-bond donors (Lipinski definition) is 1. The Bertz CT molecular complexity index is 1120. The molecule has 29 heavy (non-hydrogen) atoms. The van der Waals surface area contributed by atoms with E-state index in [2.05, 4.69) is 0 Å². The number of nitrogens with zero attached hydrogens (tertiary/aromatic N) is 1. The van der Waals surface area contributed by atoms with E-state index in [9.17, 15) is 14.7 Å². The van der Waals surface area contributed by atoms with Gasteiger partial charge in [0.25, 0.3) is 11.7 Å². The number of aliphatic hydroxyl groups is 1. The Balaban J connectivity index is 1.62. The molecule has 1 aromatic carbocycles. The van der Waals surface area contributed by atoms with Crippen LogP contribution in [0.2, 0.25) is 0 Å².